The molecular formula is C7H10O3. The second-order valence-corrected chi connectivity index (χ2v) is 2.23. The molecular weight excluding hydrogens is 132 g/mol. The summed E-state index contributed by atoms with van der Waals surface area (Å²) in [6, 6.07) is 0. The molecule has 0 bridgehead atoms. The van der Waals surface area contributed by atoms with Gasteiger partial charge in [-0.3, -0.25) is 4.79 Å². The van der Waals surface area contributed by atoms with Crippen LogP contribution in [-0.2, 0) is 14.3 Å². The first-order valence-electron chi connectivity index (χ1n) is 3.10. The Morgan fingerprint density at radius 3 is 2.60 bits per heavy atom. The number of hydrogen-bond donors (Lipinski definition) is 0. The first kappa shape index (κ1) is 7.28. The summed E-state index contributed by atoms with van der Waals surface area (Å²) in [7, 11) is 1.50. The molecule has 0 saturated heterocycles. The Labute approximate surface area is 59.6 Å². The molecule has 1 heterocycles. The maximum absolute atomic E-state index is 10.9. The number of hydrogen-bond acceptors (Lipinski definition) is 3. The van der Waals surface area contributed by atoms with E-state index in [4.69, 9.17) is 9.47 Å². The molecule has 0 aliphatic carbocycles. The van der Waals surface area contributed by atoms with Crippen LogP contribution in [0.25, 0.3) is 0 Å². The number of carbonyl (C=O) groups excluding carboxylic acids is 1. The molecule has 3 nitrogen and oxygen atoms in total. The lowest BCUT2D eigenvalue weighted by Crippen LogP contribution is -2.21. The zero-order valence-electron chi connectivity index (χ0n) is 6.14. The van der Waals surface area contributed by atoms with E-state index in [1.54, 1.807) is 0 Å². The van der Waals surface area contributed by atoms with Crippen molar-refractivity contribution in [2.24, 2.45) is 0 Å². The zero-order chi connectivity index (χ0) is 7.56. The van der Waals surface area contributed by atoms with Gasteiger partial charge in [0, 0.05) is 0 Å². The molecule has 0 N–H and O–H groups in total. The average molecular weight is 142 g/mol. The van der Waals surface area contributed by atoms with E-state index in [9.17, 15) is 4.79 Å². The number of ether oxygens (including phenoxy) is 2. The fraction of sp³-hybridized carbons (Fsp3) is 0.571. The lowest BCUT2D eigenvalue weighted by Gasteiger charge is -2.14. The molecule has 0 radical (unpaired) electrons. The normalized spacial score (nSPS) is 19.6. The minimum Gasteiger partial charge on any atom is -0.493 e. The Bertz CT molecular complexity index is 181. The van der Waals surface area contributed by atoms with Gasteiger partial charge in [-0.05, 0) is 12.5 Å². The predicted molar refractivity (Wildman–Crippen MR) is 35.5 cm³/mol. The second kappa shape index (κ2) is 2.84. The van der Waals surface area contributed by atoms with Crippen molar-refractivity contribution in [2.75, 3.05) is 20.3 Å². The van der Waals surface area contributed by atoms with Crippen LogP contribution in [0.1, 0.15) is 6.92 Å². The van der Waals surface area contributed by atoms with E-state index in [0.29, 0.717) is 12.4 Å². The van der Waals surface area contributed by atoms with Crippen molar-refractivity contribution in [1.29, 1.82) is 0 Å². The molecule has 1 aliphatic heterocycles. The van der Waals surface area contributed by atoms with Crippen LogP contribution in [0.3, 0.4) is 0 Å². The van der Waals surface area contributed by atoms with E-state index in [1.165, 1.54) is 7.11 Å². The predicted octanol–water partition coefficient (Wildman–Crippen LogP) is 0.506. The Balaban J connectivity index is 2.84. The van der Waals surface area contributed by atoms with Gasteiger partial charge in [0.25, 0.3) is 0 Å². The summed E-state index contributed by atoms with van der Waals surface area (Å²) >= 11 is 0. The van der Waals surface area contributed by atoms with Crippen LogP contribution in [0.5, 0.6) is 0 Å². The maximum Gasteiger partial charge on any atom is 0.222 e. The average Bonchev–Trinajstić information content (AvgIpc) is 1.88. The molecule has 0 aromatic carbocycles. The van der Waals surface area contributed by atoms with E-state index in [2.05, 4.69) is 0 Å². The Hall–Kier alpha value is -0.830. The molecule has 0 aromatic heterocycles. The van der Waals surface area contributed by atoms with Gasteiger partial charge >= 0.3 is 0 Å². The Morgan fingerprint density at radius 1 is 1.50 bits per heavy atom. The van der Waals surface area contributed by atoms with Crippen LogP contribution in [-0.4, -0.2) is 26.1 Å². The Kier molecular flexibility index (Phi) is 2.06. The third-order valence-electron chi connectivity index (χ3n) is 1.40. The summed E-state index contributed by atoms with van der Waals surface area (Å²) in [5, 5.41) is 0. The summed E-state index contributed by atoms with van der Waals surface area (Å²) in [6.07, 6.45) is 0. The van der Waals surface area contributed by atoms with Gasteiger partial charge in [-0.2, -0.15) is 0 Å². The fourth-order valence-electron chi connectivity index (χ4n) is 0.954. The molecule has 1 aliphatic rings. The van der Waals surface area contributed by atoms with Gasteiger partial charge in [-0.25, -0.2) is 0 Å². The van der Waals surface area contributed by atoms with Crippen LogP contribution < -0.4 is 0 Å². The van der Waals surface area contributed by atoms with Crippen LogP contribution >= 0.6 is 0 Å². The van der Waals surface area contributed by atoms with Gasteiger partial charge in [0.05, 0.1) is 13.7 Å². The van der Waals surface area contributed by atoms with Crippen molar-refractivity contribution in [3.63, 3.8) is 0 Å². The highest BCUT2D eigenvalue weighted by molar-refractivity contribution is 5.95. The van der Waals surface area contributed by atoms with Crippen LogP contribution in [0.15, 0.2) is 11.3 Å². The van der Waals surface area contributed by atoms with Gasteiger partial charge in [0.1, 0.15) is 6.61 Å². The standard InChI is InChI=1S/C7H10O3/c1-5-3-10-4-6(8)7(5)9-2/h3-4H2,1-2H3. The van der Waals surface area contributed by atoms with Crippen molar-refractivity contribution in [3.05, 3.63) is 11.3 Å². The minimum atomic E-state index is -0.0637. The van der Waals surface area contributed by atoms with Crippen LogP contribution in [0.2, 0.25) is 0 Å². The second-order valence-electron chi connectivity index (χ2n) is 2.23. The molecule has 1 rings (SSSR count). The number of carbonyl (C=O) groups is 1. The third-order valence-corrected chi connectivity index (χ3v) is 1.40. The van der Waals surface area contributed by atoms with Crippen molar-refractivity contribution >= 4 is 5.78 Å². The van der Waals surface area contributed by atoms with E-state index in [-0.39, 0.29) is 12.4 Å². The third kappa shape index (κ3) is 1.19. The monoisotopic (exact) mass is 142 g/mol. The summed E-state index contributed by atoms with van der Waals surface area (Å²) in [5.41, 5.74) is 0.874. The summed E-state index contributed by atoms with van der Waals surface area (Å²) in [6.45, 7) is 2.49. The first-order valence-corrected chi connectivity index (χ1v) is 3.10. The topological polar surface area (TPSA) is 35.5 Å². The molecule has 0 saturated carbocycles. The molecule has 0 amide bonds. The lowest BCUT2D eigenvalue weighted by molar-refractivity contribution is -0.124. The van der Waals surface area contributed by atoms with Crippen LogP contribution in [0.4, 0.5) is 0 Å². The molecule has 10 heavy (non-hydrogen) atoms. The van der Waals surface area contributed by atoms with Crippen LogP contribution in [0, 0.1) is 0 Å². The highest BCUT2D eigenvalue weighted by Crippen LogP contribution is 2.11. The quantitative estimate of drug-likeness (QED) is 0.535. The van der Waals surface area contributed by atoms with Crippen molar-refractivity contribution in [2.45, 2.75) is 6.92 Å². The van der Waals surface area contributed by atoms with Crippen molar-refractivity contribution < 1.29 is 14.3 Å². The van der Waals surface area contributed by atoms with Gasteiger partial charge < -0.3 is 9.47 Å². The highest BCUT2D eigenvalue weighted by Gasteiger charge is 2.18. The van der Waals surface area contributed by atoms with E-state index >= 15 is 0 Å². The van der Waals surface area contributed by atoms with E-state index < -0.39 is 0 Å². The number of ketones is 1. The first-order chi connectivity index (χ1) is 4.75. The maximum atomic E-state index is 10.9. The summed E-state index contributed by atoms with van der Waals surface area (Å²) < 4.78 is 9.80. The minimum absolute atomic E-state index is 0.0637. The van der Waals surface area contributed by atoms with Crippen molar-refractivity contribution in [1.82, 2.24) is 0 Å². The smallest absolute Gasteiger partial charge is 0.222 e. The highest BCUT2D eigenvalue weighted by atomic mass is 16.5. The number of rotatable bonds is 1. The summed E-state index contributed by atoms with van der Waals surface area (Å²) in [4.78, 5) is 10.9. The molecule has 0 fully saturated rings. The van der Waals surface area contributed by atoms with Gasteiger partial charge in [0.2, 0.25) is 5.78 Å². The van der Waals surface area contributed by atoms with E-state index in [1.807, 2.05) is 6.92 Å². The molecule has 56 valence electrons. The van der Waals surface area contributed by atoms with Gasteiger partial charge in [-0.15, -0.1) is 0 Å². The Morgan fingerprint density at radius 2 is 2.20 bits per heavy atom. The molecule has 0 unspecified atom stereocenters. The molecule has 0 atom stereocenters. The zero-order valence-corrected chi connectivity index (χ0v) is 6.14. The lowest BCUT2D eigenvalue weighted by atomic mass is 10.2. The number of Topliss-reactive ketones (excluding diaryl/α,β-unsaturated/α-hetero) is 1. The van der Waals surface area contributed by atoms with Gasteiger partial charge in [0.15, 0.2) is 5.76 Å². The SMILES string of the molecule is COC1=C(C)COCC1=O. The van der Waals surface area contributed by atoms with Gasteiger partial charge in [-0.1, -0.05) is 0 Å². The fourth-order valence-corrected chi connectivity index (χ4v) is 0.954. The molecule has 0 spiro atoms. The molecule has 3 heteroatoms. The van der Waals surface area contributed by atoms with E-state index in [0.717, 1.165) is 5.57 Å². The molecule has 0 aromatic rings. The summed E-state index contributed by atoms with van der Waals surface area (Å²) in [5.74, 6) is 0.400. The van der Waals surface area contributed by atoms with Crippen molar-refractivity contribution in [3.8, 4) is 0 Å². The largest absolute Gasteiger partial charge is 0.493 e. The number of methoxy groups -OCH3 is 1.